The Morgan fingerprint density at radius 3 is 2.34 bits per heavy atom. The van der Waals surface area contributed by atoms with E-state index in [0.717, 1.165) is 31.2 Å². The van der Waals surface area contributed by atoms with E-state index in [-0.39, 0.29) is 24.1 Å². The second-order valence-corrected chi connectivity index (χ2v) is 8.19. The first-order chi connectivity index (χ1) is 14.1. The van der Waals surface area contributed by atoms with E-state index in [2.05, 4.69) is 11.4 Å². The van der Waals surface area contributed by atoms with Crippen LogP contribution < -0.4 is 5.32 Å². The fourth-order valence-corrected chi connectivity index (χ4v) is 4.28. The summed E-state index contributed by atoms with van der Waals surface area (Å²) in [5, 5.41) is 11.1. The summed E-state index contributed by atoms with van der Waals surface area (Å²) in [6.07, 6.45) is 11.0. The second kappa shape index (κ2) is 10.5. The van der Waals surface area contributed by atoms with Crippen LogP contribution in [-0.2, 0) is 22.6 Å². The third-order valence-corrected chi connectivity index (χ3v) is 5.96. The topological polar surface area (TPSA) is 86.7 Å². The molecule has 0 saturated carbocycles. The summed E-state index contributed by atoms with van der Waals surface area (Å²) in [7, 11) is 0. The number of benzene rings is 1. The van der Waals surface area contributed by atoms with Gasteiger partial charge in [-0.3, -0.25) is 19.7 Å². The zero-order chi connectivity index (χ0) is 20.6. The molecule has 1 unspecified atom stereocenters. The maximum absolute atomic E-state index is 12.7. The summed E-state index contributed by atoms with van der Waals surface area (Å²) in [5.41, 5.74) is 2.91. The summed E-state index contributed by atoms with van der Waals surface area (Å²) in [4.78, 5) is 37.8. The Kier molecular flexibility index (Phi) is 7.81. The van der Waals surface area contributed by atoms with Crippen molar-refractivity contribution in [1.29, 1.82) is 0 Å². The lowest BCUT2D eigenvalue weighted by atomic mass is 10.0. The van der Waals surface area contributed by atoms with Crippen molar-refractivity contribution < 1.29 is 19.5 Å². The SMILES string of the molecule is O=C1CCC(N2Cc3cc(CCCCCCCCCCO)ccc3C2=O)C(=O)N1. The van der Waals surface area contributed by atoms with Crippen LogP contribution in [0.2, 0.25) is 0 Å². The van der Waals surface area contributed by atoms with E-state index in [1.807, 2.05) is 12.1 Å². The van der Waals surface area contributed by atoms with Crippen molar-refractivity contribution in [3.63, 3.8) is 0 Å². The number of unbranched alkanes of at least 4 members (excludes halogenated alkanes) is 7. The van der Waals surface area contributed by atoms with Gasteiger partial charge in [-0.25, -0.2) is 0 Å². The fourth-order valence-electron chi connectivity index (χ4n) is 4.28. The molecule has 1 aromatic rings. The van der Waals surface area contributed by atoms with E-state index >= 15 is 0 Å². The first kappa shape index (κ1) is 21.5. The second-order valence-electron chi connectivity index (χ2n) is 8.19. The number of imide groups is 1. The normalized spacial score (nSPS) is 18.9. The number of amides is 3. The molecule has 6 heteroatoms. The van der Waals surface area contributed by atoms with Crippen molar-refractivity contribution in [2.24, 2.45) is 0 Å². The van der Waals surface area contributed by atoms with Gasteiger partial charge in [0.15, 0.2) is 0 Å². The number of hydrogen-bond donors (Lipinski definition) is 2. The maximum Gasteiger partial charge on any atom is 0.255 e. The molecule has 1 saturated heterocycles. The molecule has 0 aliphatic carbocycles. The summed E-state index contributed by atoms with van der Waals surface area (Å²) in [6.45, 7) is 0.750. The zero-order valence-electron chi connectivity index (χ0n) is 17.1. The van der Waals surface area contributed by atoms with Crippen molar-refractivity contribution in [3.8, 4) is 0 Å². The lowest BCUT2D eigenvalue weighted by Crippen LogP contribution is -2.52. The Hall–Kier alpha value is -2.21. The van der Waals surface area contributed by atoms with E-state index < -0.39 is 6.04 Å². The number of nitrogens with one attached hydrogen (secondary N) is 1. The molecule has 6 nitrogen and oxygen atoms in total. The Labute approximate surface area is 172 Å². The molecule has 2 heterocycles. The zero-order valence-corrected chi connectivity index (χ0v) is 17.1. The number of aryl methyl sites for hydroxylation is 1. The number of piperidine rings is 1. The number of hydrogen-bond acceptors (Lipinski definition) is 4. The van der Waals surface area contributed by atoms with Crippen molar-refractivity contribution in [2.75, 3.05) is 6.61 Å². The Balaban J connectivity index is 1.44. The van der Waals surface area contributed by atoms with Crippen LogP contribution in [0, 0.1) is 0 Å². The molecule has 0 bridgehead atoms. The highest BCUT2D eigenvalue weighted by Crippen LogP contribution is 2.28. The number of aliphatic hydroxyl groups is 1. The molecule has 2 aliphatic rings. The molecule has 3 rings (SSSR count). The molecule has 0 radical (unpaired) electrons. The Morgan fingerprint density at radius 1 is 0.966 bits per heavy atom. The van der Waals surface area contributed by atoms with Crippen LogP contribution in [0.3, 0.4) is 0 Å². The van der Waals surface area contributed by atoms with Crippen molar-refractivity contribution in [2.45, 2.75) is 83.2 Å². The summed E-state index contributed by atoms with van der Waals surface area (Å²) < 4.78 is 0. The van der Waals surface area contributed by atoms with Gasteiger partial charge in [0.1, 0.15) is 6.04 Å². The minimum absolute atomic E-state index is 0.109. The first-order valence-corrected chi connectivity index (χ1v) is 11.0. The van der Waals surface area contributed by atoms with E-state index in [1.54, 1.807) is 4.90 Å². The van der Waals surface area contributed by atoms with Crippen molar-refractivity contribution in [3.05, 3.63) is 34.9 Å². The van der Waals surface area contributed by atoms with Gasteiger partial charge in [0.05, 0.1) is 0 Å². The van der Waals surface area contributed by atoms with Crippen LogP contribution in [0.25, 0.3) is 0 Å². The highest BCUT2D eigenvalue weighted by atomic mass is 16.3. The molecule has 1 atom stereocenters. The van der Waals surface area contributed by atoms with Gasteiger partial charge in [0, 0.05) is 25.1 Å². The molecule has 2 aliphatic heterocycles. The average molecular weight is 401 g/mol. The number of rotatable bonds is 11. The molecule has 0 spiro atoms. The highest BCUT2D eigenvalue weighted by molar-refractivity contribution is 6.05. The number of fused-ring (bicyclic) bond motifs is 1. The quantitative estimate of drug-likeness (QED) is 0.441. The van der Waals surface area contributed by atoms with Gasteiger partial charge in [-0.1, -0.05) is 50.7 Å². The largest absolute Gasteiger partial charge is 0.396 e. The third kappa shape index (κ3) is 5.66. The third-order valence-electron chi connectivity index (χ3n) is 5.96. The number of carbonyl (C=O) groups excluding carboxylic acids is 3. The lowest BCUT2D eigenvalue weighted by Gasteiger charge is -2.29. The average Bonchev–Trinajstić information content (AvgIpc) is 3.02. The molecule has 2 N–H and O–H groups in total. The molecule has 29 heavy (non-hydrogen) atoms. The number of carbonyl (C=O) groups is 3. The molecular weight excluding hydrogens is 368 g/mol. The Morgan fingerprint density at radius 2 is 1.66 bits per heavy atom. The van der Waals surface area contributed by atoms with Crippen molar-refractivity contribution >= 4 is 17.7 Å². The van der Waals surface area contributed by atoms with Gasteiger partial charge in [0.25, 0.3) is 5.91 Å². The van der Waals surface area contributed by atoms with E-state index in [0.29, 0.717) is 25.1 Å². The standard InChI is InChI=1S/C23H32N2O4/c26-14-8-6-4-2-1-3-5-7-9-17-10-11-19-18(15-17)16-25(23(19)29)20-12-13-21(27)24-22(20)28/h10-11,15,20,26H,1-9,12-14,16H2,(H,24,27,28). The first-order valence-electron chi connectivity index (χ1n) is 11.0. The predicted molar refractivity (Wildman–Crippen MR) is 110 cm³/mol. The molecule has 158 valence electrons. The molecule has 1 aromatic carbocycles. The fraction of sp³-hybridized carbons (Fsp3) is 0.609. The smallest absolute Gasteiger partial charge is 0.255 e. The minimum Gasteiger partial charge on any atom is -0.396 e. The molecule has 1 fully saturated rings. The van der Waals surface area contributed by atoms with Gasteiger partial charge < -0.3 is 10.0 Å². The predicted octanol–water partition coefficient (Wildman–Crippen LogP) is 3.10. The van der Waals surface area contributed by atoms with E-state index in [9.17, 15) is 14.4 Å². The van der Waals surface area contributed by atoms with Crippen LogP contribution in [-0.4, -0.2) is 40.4 Å². The number of aliphatic hydroxyl groups excluding tert-OH is 1. The summed E-state index contributed by atoms with van der Waals surface area (Å²) in [5.74, 6) is -0.732. The molecular formula is C23H32N2O4. The molecule has 0 aromatic heterocycles. The van der Waals surface area contributed by atoms with Crippen LogP contribution >= 0.6 is 0 Å². The van der Waals surface area contributed by atoms with E-state index in [1.165, 1.54) is 37.7 Å². The van der Waals surface area contributed by atoms with Gasteiger partial charge in [-0.2, -0.15) is 0 Å². The van der Waals surface area contributed by atoms with Gasteiger partial charge in [-0.05, 0) is 42.9 Å². The van der Waals surface area contributed by atoms with Gasteiger partial charge in [-0.15, -0.1) is 0 Å². The van der Waals surface area contributed by atoms with Crippen LogP contribution in [0.1, 0.15) is 85.7 Å². The van der Waals surface area contributed by atoms with Gasteiger partial charge in [0.2, 0.25) is 11.8 Å². The summed E-state index contributed by atoms with van der Waals surface area (Å²) >= 11 is 0. The molecule has 3 amide bonds. The lowest BCUT2D eigenvalue weighted by molar-refractivity contribution is -0.136. The van der Waals surface area contributed by atoms with Crippen LogP contribution in [0.4, 0.5) is 0 Å². The van der Waals surface area contributed by atoms with Crippen molar-refractivity contribution in [1.82, 2.24) is 10.2 Å². The minimum atomic E-state index is -0.548. The Bertz CT molecular complexity index is 746. The van der Waals surface area contributed by atoms with Gasteiger partial charge >= 0.3 is 0 Å². The van der Waals surface area contributed by atoms with E-state index in [4.69, 9.17) is 5.11 Å². The highest BCUT2D eigenvalue weighted by Gasteiger charge is 2.38. The maximum atomic E-state index is 12.7. The monoisotopic (exact) mass is 400 g/mol. The number of nitrogens with zero attached hydrogens (tertiary/aromatic N) is 1. The van der Waals surface area contributed by atoms with Crippen LogP contribution in [0.15, 0.2) is 18.2 Å². The summed E-state index contributed by atoms with van der Waals surface area (Å²) in [6, 6.07) is 5.47. The van der Waals surface area contributed by atoms with Crippen LogP contribution in [0.5, 0.6) is 0 Å².